The van der Waals surface area contributed by atoms with Gasteiger partial charge in [0.15, 0.2) is 5.78 Å². The maximum absolute atomic E-state index is 13.6. The van der Waals surface area contributed by atoms with E-state index in [1.165, 1.54) is 47.9 Å². The molecule has 0 saturated heterocycles. The number of aliphatic hydroxyl groups excluding tert-OH is 1. The fourth-order valence-corrected chi connectivity index (χ4v) is 10.1. The number of ketones is 1. The fraction of sp³-hybridized carbons (Fsp3) is 0.420. The number of carbonyl (C=O) groups is 3. The summed E-state index contributed by atoms with van der Waals surface area (Å²) in [6.07, 6.45) is 19.7. The van der Waals surface area contributed by atoms with E-state index in [4.69, 9.17) is 184 Å². The first kappa shape index (κ1) is 11.6. The quantitative estimate of drug-likeness (QED) is 0.0925. The second kappa shape index (κ2) is 19.9. The first-order valence-corrected chi connectivity index (χ1v) is 22.1. The third kappa shape index (κ3) is 9.52. The van der Waals surface area contributed by atoms with E-state index < -0.39 is 6.10 Å². The Bertz CT molecular complexity index is 2670. The summed E-state index contributed by atoms with van der Waals surface area (Å²) < 4.78 is 624. The zero-order chi connectivity index (χ0) is 165. The van der Waals surface area contributed by atoms with Gasteiger partial charge >= 0.3 is 29.6 Å². The number of aliphatic hydroxyl groups is 1. The Morgan fingerprint density at radius 2 is 1.06 bits per heavy atom. The zero-order valence-electron chi connectivity index (χ0n) is 161. The molecule has 62 heavy (non-hydrogen) atoms. The summed E-state index contributed by atoms with van der Waals surface area (Å²) in [5.74, 6) is 2.62. The largest absolute Gasteiger partial charge is 1.00 e. The average molecular weight is 1090 g/mol. The molecule has 3 N–H and O–H groups in total. The van der Waals surface area contributed by atoms with E-state index in [1.807, 2.05) is 47.4 Å². The first-order chi connectivity index (χ1) is 91.3. The van der Waals surface area contributed by atoms with Gasteiger partial charge in [-0.25, -0.2) is 9.97 Å². The molecule has 4 fully saturated rings. The monoisotopic (exact) mass is 1090 g/mol. The van der Waals surface area contributed by atoms with Crippen LogP contribution in [0.2, 0.25) is 0 Å². The number of nitrogens with one attached hydrogen (secondary N) is 2. The predicted octanol–water partition coefficient (Wildman–Crippen LogP) is 21.3. The molecule has 2 amide bonds. The van der Waals surface area contributed by atoms with E-state index in [2.05, 4.69) is 73.5 Å². The molecule has 2 aromatic carbocycles. The normalized spacial score (nSPS) is 29.4. The number of benzene rings is 2. The van der Waals surface area contributed by atoms with Gasteiger partial charge in [-0.3, -0.25) is 18.8 Å². The second-order valence-electron chi connectivity index (χ2n) is 17.6. The molecule has 10 rings (SSSR count). The molecule has 4 saturated carbocycles. The minimum atomic E-state index is -0.449. The number of nitrogens with zero attached hydrogens (tertiary/aromatic N) is 4. The molecule has 1 atom stereocenters. The Morgan fingerprint density at radius 1 is 0.629 bits per heavy atom. The van der Waals surface area contributed by atoms with Crippen molar-refractivity contribution in [1.82, 2.24) is 29.4 Å². The van der Waals surface area contributed by atoms with Gasteiger partial charge in [0.2, 0.25) is 0 Å². The second-order valence-corrected chi connectivity index (χ2v) is 17.6. The molecule has 6 aromatic rings. The maximum atomic E-state index is 13.6. The molecule has 12 heteroatoms. The third-order valence-electron chi connectivity index (χ3n) is 13.9. The molecule has 4 aromatic heterocycles. The van der Waals surface area contributed by atoms with Crippen molar-refractivity contribution in [2.75, 3.05) is 14.1 Å². The van der Waals surface area contributed by atoms with Crippen LogP contribution in [0.4, 0.5) is 0 Å². The van der Waals surface area contributed by atoms with Gasteiger partial charge in [0.1, 0.15) is 0 Å². The third-order valence-corrected chi connectivity index (χ3v) is 13.9. The van der Waals surface area contributed by atoms with Crippen molar-refractivity contribution in [1.29, 1.82) is 0 Å². The van der Waals surface area contributed by atoms with E-state index in [0.29, 0.717) is 34.8 Å². The number of fused-ring (bicyclic) bond motifs is 2. The van der Waals surface area contributed by atoms with Crippen LogP contribution in [0.25, 0.3) is 11.0 Å². The minimum absolute atomic E-state index is 0. The summed E-state index contributed by atoms with van der Waals surface area (Å²) in [7, 11) is 3.30. The molecule has 439 valence electrons. The predicted molar refractivity (Wildman–Crippen MR) is 371 cm³/mol. The Kier molecular flexibility index (Phi) is 3.73. The van der Waals surface area contributed by atoms with Crippen LogP contribution in [-0.2, 0) is 0 Å². The number of carbonyl (C=O) groups excluding carboxylic acids is 3. The summed E-state index contributed by atoms with van der Waals surface area (Å²) in [5.41, 5.74) is 10.4. The molecule has 4 heterocycles. The Hall–Kier alpha value is -4.55. The SMILES string of the molecule is CNC(=O)c1ccc(C2CCC(C(=O)c3c(C4CC4)ccc4cncn34)CC2)cc1.CNC(=O)c1ccc(C2CCC(C(O)c3c(C4CC4)ccc4cncn34)CC2)cc1.[2H][2H].[2H][2H].[2H][2H].[2H][2H].[2H][2H].[2H][2H].[2H][2H].[2H][2H].[2H][2H].[2H][2H].[2H][2H].[2H][2H].[2H][2H].[2H][2H].[2H][2H].[2H][2H].[2H][2H].[2H][2H].[2H][2H].[2H][2H].[2H][2H].[2H][2H].[2H][2H].[2H][2H].[2H][2H].[2H][2H].[2H][2H].[2H][2H].[2H][2H].[2H][2H].[2H][2H].[2H][2H].[2H][2H].[2H][2H].[2H][2H].[2H][2H].[2H][2H].[2H][2H].[2H][2H].[2H][2H].[2H][2H].[2H][2H].[2H][2H].[2H][2H].[2H][2H].[2H][2H].[2H][2H].[2H][2H].[2H][2H].[2H][2H].[2H][2H].[2H][2H].[2H][2H].[2H][2H].[2H][2H].[2H][2H].[2H][2H].[2H][2H].[2H][2H].[2H][2H].[2H][2H].[2H][2H].[B].[H-].[Na+]. The molecule has 0 aliphatic heterocycles. The van der Waals surface area contributed by atoms with Crippen molar-refractivity contribution >= 4 is 37.0 Å². The Morgan fingerprint density at radius 3 is 1.56 bits per heavy atom. The Labute approximate surface area is 581 Å². The summed E-state index contributed by atoms with van der Waals surface area (Å²) in [5, 5.41) is 16.7. The number of imidazole rings is 2. The smallest absolute Gasteiger partial charge is 1.00 e. The maximum Gasteiger partial charge on any atom is 1.00 e. The van der Waals surface area contributed by atoms with Crippen LogP contribution in [-0.4, -0.2) is 64.0 Å². The number of hydrogen-bond acceptors (Lipinski definition) is 6. The summed E-state index contributed by atoms with van der Waals surface area (Å²) in [6.45, 7) is 0. The topological polar surface area (TPSA) is 130 Å². The van der Waals surface area contributed by atoms with Gasteiger partial charge in [-0.1, -0.05) is 36.4 Å². The minimum Gasteiger partial charge on any atom is -1.00 e. The van der Waals surface area contributed by atoms with E-state index >= 15 is 0 Å². The van der Waals surface area contributed by atoms with Crippen LogP contribution in [0.15, 0.2) is 97.8 Å². The van der Waals surface area contributed by atoms with Crippen molar-refractivity contribution in [2.45, 2.75) is 107 Å². The van der Waals surface area contributed by atoms with E-state index in [1.54, 1.807) is 20.4 Å². The van der Waals surface area contributed by atoms with Crippen LogP contribution < -0.4 is 40.2 Å². The molecule has 10 nitrogen and oxygen atoms in total. The molecular weight excluding hydrogens is 782 g/mol. The van der Waals surface area contributed by atoms with Gasteiger partial charge in [0, 0.05) is 224 Å². The van der Waals surface area contributed by atoms with Gasteiger partial charge in [-0.15, -0.1) is 0 Å². The summed E-state index contributed by atoms with van der Waals surface area (Å²) >= 11 is 0. The van der Waals surface area contributed by atoms with E-state index in [9.17, 15) is 19.5 Å². The van der Waals surface area contributed by atoms with Crippen molar-refractivity contribution in [3.8, 4) is 0 Å². The molecule has 4 aliphatic rings. The van der Waals surface area contributed by atoms with Crippen molar-refractivity contribution in [3.63, 3.8) is 0 Å². The van der Waals surface area contributed by atoms with Crippen molar-refractivity contribution in [3.05, 3.63) is 143 Å². The first-order valence-electron chi connectivity index (χ1n) is 84.1. The average Bonchev–Trinajstić information content (AvgIpc) is 1.62. The van der Waals surface area contributed by atoms with E-state index in [0.717, 1.165) is 73.8 Å². The zero-order valence-corrected chi connectivity index (χ0v) is 38.3. The molecular formula is C50H181BN6NaO4. The molecule has 1 unspecified atom stereocenters. The van der Waals surface area contributed by atoms with Gasteiger partial charge in [0.05, 0.1) is 53.6 Å². The van der Waals surface area contributed by atoms with Gasteiger partial charge in [-0.2, -0.15) is 0 Å². The number of pyridine rings is 2. The summed E-state index contributed by atoms with van der Waals surface area (Å²) in [6, 6.07) is 24.5. The van der Waals surface area contributed by atoms with E-state index in [-0.39, 0.29) is 68.8 Å². The molecule has 0 spiro atoms. The van der Waals surface area contributed by atoms with Crippen molar-refractivity contribution in [2.24, 2.45) is 11.8 Å². The molecule has 3 radical (unpaired) electrons. The summed E-state index contributed by atoms with van der Waals surface area (Å²) in [4.78, 5) is 45.7. The fourth-order valence-electron chi connectivity index (χ4n) is 10.1. The number of aromatic nitrogens is 4. The number of hydrogen-bond donors (Lipinski definition) is 3. The Balaban J connectivity index is -0.0000000182. The van der Waals surface area contributed by atoms with Crippen molar-refractivity contribution < 1.29 is 235 Å². The van der Waals surface area contributed by atoms with Crippen LogP contribution in [0.1, 0.15) is 352 Å². The number of Topliss-reactive ketones (excluding diaryl/α,β-unsaturated/α-hetero) is 1. The van der Waals surface area contributed by atoms with Gasteiger partial charge in [-0.05, 0) is 165 Å². The van der Waals surface area contributed by atoms with Crippen LogP contribution in [0.3, 0.4) is 0 Å². The van der Waals surface area contributed by atoms with Crippen LogP contribution in [0, 0.1) is 11.8 Å². The molecule has 4 aliphatic carbocycles. The molecule has 0 bridgehead atoms. The number of amides is 2. The van der Waals surface area contributed by atoms with Gasteiger partial charge in [0.25, 0.3) is 11.8 Å². The number of rotatable bonds is 10. The van der Waals surface area contributed by atoms with Crippen LogP contribution >= 0.6 is 0 Å². The standard InChI is InChI=1S/C25H29N3O2.C25H27N3O2.B.Na.62H2.H/c2*1-26-25(30)20-10-4-17(5-11-20)16-2-8-19(9-3-16)24(29)23-22(18-6-7-18)13-12-21-14-27-15-28(21)23;;;;;;;;;;;;;;;;;;;;;;;;;;;;;;;;;;;;;;;;;;;;;;;;;;;;;;;;;;;;;;;;;/h4-5,10-16,18-19,24,29H,2-3,6-9H2,1H3,(H,26,30);4-5,10-16,18-19H,2-3,6-9H2,1H3,(H,26,30);;;62*1H;/q;;;+1;;;;;;;;;;;;;;;;;;;;;;;;;;;;;;;;;;;;;;;;;;;;;;;;;;;;;;;;;;;;;;;-1/i;;;;62*1+1D;. The van der Waals surface area contributed by atoms with Gasteiger partial charge < -0.3 is 21.6 Å². The van der Waals surface area contributed by atoms with Crippen LogP contribution in [0.5, 0.6) is 0 Å².